The lowest BCUT2D eigenvalue weighted by molar-refractivity contribution is -0.134. The van der Waals surface area contributed by atoms with Gasteiger partial charge in [0.15, 0.2) is 0 Å². The highest BCUT2D eigenvalue weighted by Gasteiger charge is 2.30. The van der Waals surface area contributed by atoms with Crippen molar-refractivity contribution in [3.05, 3.63) is 53.5 Å². The van der Waals surface area contributed by atoms with Gasteiger partial charge < -0.3 is 15.2 Å². The molecule has 2 amide bonds. The van der Waals surface area contributed by atoms with Crippen LogP contribution in [0.4, 0.5) is 0 Å². The quantitative estimate of drug-likeness (QED) is 0.742. The Bertz CT molecular complexity index is 1000. The standard InChI is InChI=1S/C20H23N5O2/c1-24-12-13(14-6-2-3-7-17(14)24)10-19(26)25-9-5-4-8-18(25)15-11-16(20(21)27)23-22-15/h2-3,6-7,11-12,18H,4-5,8-10H2,1H3,(H2,21,27)(H,22,23)/t18-/m1/s1. The molecule has 1 aromatic carbocycles. The number of benzene rings is 1. The first-order valence-corrected chi connectivity index (χ1v) is 9.22. The Balaban J connectivity index is 1.59. The molecule has 0 radical (unpaired) electrons. The Morgan fingerprint density at radius 1 is 1.30 bits per heavy atom. The number of rotatable bonds is 4. The van der Waals surface area contributed by atoms with Crippen LogP contribution in [0.15, 0.2) is 36.5 Å². The molecule has 1 atom stereocenters. The summed E-state index contributed by atoms with van der Waals surface area (Å²) in [6.07, 6.45) is 5.25. The first-order valence-electron chi connectivity index (χ1n) is 9.22. The number of nitrogens with one attached hydrogen (secondary N) is 1. The molecule has 1 saturated heterocycles. The van der Waals surface area contributed by atoms with Gasteiger partial charge in [0.25, 0.3) is 5.91 Å². The first kappa shape index (κ1) is 17.3. The second kappa shape index (κ2) is 6.90. The van der Waals surface area contributed by atoms with E-state index in [0.29, 0.717) is 13.0 Å². The molecule has 7 nitrogen and oxygen atoms in total. The van der Waals surface area contributed by atoms with E-state index in [1.807, 2.05) is 30.3 Å². The zero-order valence-electron chi connectivity index (χ0n) is 15.3. The van der Waals surface area contributed by atoms with Gasteiger partial charge in [0, 0.05) is 30.7 Å². The summed E-state index contributed by atoms with van der Waals surface area (Å²) in [5.41, 5.74) is 8.44. The van der Waals surface area contributed by atoms with Crippen LogP contribution in [0.2, 0.25) is 0 Å². The molecule has 1 aliphatic rings. The zero-order valence-corrected chi connectivity index (χ0v) is 15.3. The minimum absolute atomic E-state index is 0.0891. The molecule has 1 aliphatic heterocycles. The predicted octanol–water partition coefficient (Wildman–Crippen LogP) is 2.30. The monoisotopic (exact) mass is 365 g/mol. The summed E-state index contributed by atoms with van der Waals surface area (Å²) in [6, 6.07) is 9.68. The number of nitrogens with two attached hydrogens (primary N) is 1. The highest BCUT2D eigenvalue weighted by molar-refractivity contribution is 5.91. The number of primary amides is 1. The highest BCUT2D eigenvalue weighted by atomic mass is 16.2. The van der Waals surface area contributed by atoms with Crippen molar-refractivity contribution in [2.24, 2.45) is 12.8 Å². The largest absolute Gasteiger partial charge is 0.364 e. The molecule has 3 heterocycles. The number of aromatic amines is 1. The van der Waals surface area contributed by atoms with Crippen molar-refractivity contribution in [1.82, 2.24) is 19.7 Å². The lowest BCUT2D eigenvalue weighted by Crippen LogP contribution is -2.39. The summed E-state index contributed by atoms with van der Waals surface area (Å²) >= 11 is 0. The van der Waals surface area contributed by atoms with Crippen LogP contribution in [0.25, 0.3) is 10.9 Å². The second-order valence-electron chi connectivity index (χ2n) is 7.13. The summed E-state index contributed by atoms with van der Waals surface area (Å²) < 4.78 is 2.06. The Morgan fingerprint density at radius 3 is 2.89 bits per heavy atom. The molecule has 0 bridgehead atoms. The summed E-state index contributed by atoms with van der Waals surface area (Å²) in [4.78, 5) is 26.4. The van der Waals surface area contributed by atoms with Crippen LogP contribution in [0, 0.1) is 0 Å². The number of nitrogens with zero attached hydrogens (tertiary/aromatic N) is 3. The maximum atomic E-state index is 13.1. The van der Waals surface area contributed by atoms with Gasteiger partial charge in [0.05, 0.1) is 18.2 Å². The Labute approximate surface area is 157 Å². The van der Waals surface area contributed by atoms with Gasteiger partial charge in [-0.2, -0.15) is 5.10 Å². The predicted molar refractivity (Wildman–Crippen MR) is 102 cm³/mol. The Hall–Kier alpha value is -3.09. The molecule has 0 saturated carbocycles. The van der Waals surface area contributed by atoms with Crippen LogP contribution in [0.3, 0.4) is 0 Å². The number of fused-ring (bicyclic) bond motifs is 1. The maximum Gasteiger partial charge on any atom is 0.269 e. The molecular formula is C20H23N5O2. The fraction of sp³-hybridized carbons (Fsp3) is 0.350. The van der Waals surface area contributed by atoms with Crippen molar-refractivity contribution in [1.29, 1.82) is 0 Å². The third-order valence-electron chi connectivity index (χ3n) is 5.35. The van der Waals surface area contributed by atoms with Crippen LogP contribution in [-0.2, 0) is 18.3 Å². The first-order chi connectivity index (χ1) is 13.0. The van der Waals surface area contributed by atoms with E-state index in [1.165, 1.54) is 0 Å². The summed E-state index contributed by atoms with van der Waals surface area (Å²) in [6.45, 7) is 0.708. The molecule has 1 fully saturated rings. The van der Waals surface area contributed by atoms with Crippen molar-refractivity contribution in [2.45, 2.75) is 31.7 Å². The van der Waals surface area contributed by atoms with E-state index in [0.717, 1.165) is 41.4 Å². The molecule has 0 spiro atoms. The number of amides is 2. The molecule has 7 heteroatoms. The van der Waals surface area contributed by atoms with Crippen molar-refractivity contribution >= 4 is 22.7 Å². The molecule has 140 valence electrons. The number of carbonyl (C=O) groups excluding carboxylic acids is 2. The van der Waals surface area contributed by atoms with Gasteiger partial charge >= 0.3 is 0 Å². The number of carbonyl (C=O) groups is 2. The molecule has 3 N–H and O–H groups in total. The van der Waals surface area contributed by atoms with Gasteiger partial charge in [-0.3, -0.25) is 14.7 Å². The van der Waals surface area contributed by atoms with Gasteiger partial charge in [-0.1, -0.05) is 18.2 Å². The topological polar surface area (TPSA) is 97.0 Å². The summed E-state index contributed by atoms with van der Waals surface area (Å²) in [5, 5.41) is 7.97. The molecule has 4 rings (SSSR count). The minimum atomic E-state index is -0.568. The number of aryl methyl sites for hydroxylation is 1. The van der Waals surface area contributed by atoms with E-state index in [9.17, 15) is 9.59 Å². The second-order valence-corrected chi connectivity index (χ2v) is 7.13. The molecule has 0 unspecified atom stereocenters. The number of hydrogen-bond acceptors (Lipinski definition) is 3. The van der Waals surface area contributed by atoms with Crippen molar-refractivity contribution in [3.63, 3.8) is 0 Å². The van der Waals surface area contributed by atoms with E-state index in [4.69, 9.17) is 5.73 Å². The lowest BCUT2D eigenvalue weighted by atomic mass is 9.98. The molecule has 3 aromatic rings. The molecule has 0 aliphatic carbocycles. The zero-order chi connectivity index (χ0) is 19.0. The number of likely N-dealkylation sites (tertiary alicyclic amines) is 1. The van der Waals surface area contributed by atoms with Crippen LogP contribution < -0.4 is 5.73 Å². The lowest BCUT2D eigenvalue weighted by Gasteiger charge is -2.35. The van der Waals surface area contributed by atoms with Crippen LogP contribution in [0.1, 0.15) is 47.1 Å². The van der Waals surface area contributed by atoms with Gasteiger partial charge in [-0.05, 0) is 37.0 Å². The third-order valence-corrected chi connectivity index (χ3v) is 5.35. The number of H-pyrrole nitrogens is 1. The van der Waals surface area contributed by atoms with E-state index in [2.05, 4.69) is 26.9 Å². The van der Waals surface area contributed by atoms with E-state index in [1.54, 1.807) is 6.07 Å². The summed E-state index contributed by atoms with van der Waals surface area (Å²) in [5.74, 6) is -0.479. The fourth-order valence-corrected chi connectivity index (χ4v) is 4.02. The van der Waals surface area contributed by atoms with Crippen molar-refractivity contribution in [3.8, 4) is 0 Å². The smallest absolute Gasteiger partial charge is 0.269 e. The highest BCUT2D eigenvalue weighted by Crippen LogP contribution is 2.31. The number of aromatic nitrogens is 3. The van der Waals surface area contributed by atoms with Crippen LogP contribution in [0.5, 0.6) is 0 Å². The van der Waals surface area contributed by atoms with Crippen LogP contribution >= 0.6 is 0 Å². The van der Waals surface area contributed by atoms with E-state index in [-0.39, 0.29) is 17.6 Å². The van der Waals surface area contributed by atoms with Crippen molar-refractivity contribution < 1.29 is 9.59 Å². The maximum absolute atomic E-state index is 13.1. The van der Waals surface area contributed by atoms with Crippen molar-refractivity contribution in [2.75, 3.05) is 6.54 Å². The number of piperidine rings is 1. The van der Waals surface area contributed by atoms with E-state index >= 15 is 0 Å². The average molecular weight is 365 g/mol. The molecule has 2 aromatic heterocycles. The third kappa shape index (κ3) is 3.20. The summed E-state index contributed by atoms with van der Waals surface area (Å²) in [7, 11) is 2.00. The minimum Gasteiger partial charge on any atom is -0.364 e. The number of hydrogen-bond donors (Lipinski definition) is 2. The Kier molecular flexibility index (Phi) is 4.43. The number of para-hydroxylation sites is 1. The van der Waals surface area contributed by atoms with Gasteiger partial charge in [-0.25, -0.2) is 0 Å². The SMILES string of the molecule is Cn1cc(CC(=O)N2CCCC[C@@H]2c2cc(C(N)=O)n[nH]2)c2ccccc21. The van der Waals surface area contributed by atoms with Gasteiger partial charge in [-0.15, -0.1) is 0 Å². The average Bonchev–Trinajstić information content (AvgIpc) is 3.28. The van der Waals surface area contributed by atoms with Crippen LogP contribution in [-0.4, -0.2) is 38.0 Å². The van der Waals surface area contributed by atoms with E-state index < -0.39 is 5.91 Å². The fourth-order valence-electron chi connectivity index (χ4n) is 4.02. The molecular weight excluding hydrogens is 342 g/mol. The Morgan fingerprint density at radius 2 is 2.11 bits per heavy atom. The normalized spacial score (nSPS) is 17.4. The van der Waals surface area contributed by atoms with Gasteiger partial charge in [0.1, 0.15) is 5.69 Å². The molecule has 27 heavy (non-hydrogen) atoms. The van der Waals surface area contributed by atoms with Gasteiger partial charge in [0.2, 0.25) is 5.91 Å².